The smallest absolute Gasteiger partial charge is 0.356 e. The second-order valence-corrected chi connectivity index (χ2v) is 4.46. The molecule has 3 rings (SSSR count). The van der Waals surface area contributed by atoms with E-state index in [2.05, 4.69) is 32.9 Å². The number of benzene rings is 1. The molecule has 1 aromatic heterocycles. The lowest BCUT2D eigenvalue weighted by atomic mass is 10.0. The van der Waals surface area contributed by atoms with Crippen molar-refractivity contribution in [2.75, 3.05) is 7.11 Å². The molecule has 4 heteroatoms. The standard InChI is InChI=1S/C14H14N2O2/c1-18-14(17)12-8-15-13(16-12)11-7-6-9-4-2-3-5-10(9)11/h2-5,8,11H,6-7H2,1H3,(H,15,16). The van der Waals surface area contributed by atoms with E-state index in [4.69, 9.17) is 0 Å². The Bertz CT molecular complexity index is 589. The van der Waals surface area contributed by atoms with Crippen molar-refractivity contribution in [3.8, 4) is 0 Å². The number of fused-ring (bicyclic) bond motifs is 1. The van der Waals surface area contributed by atoms with Crippen LogP contribution in [-0.2, 0) is 11.2 Å². The number of imidazole rings is 1. The molecule has 4 nitrogen and oxygen atoms in total. The molecule has 0 fully saturated rings. The summed E-state index contributed by atoms with van der Waals surface area (Å²) in [5.41, 5.74) is 3.10. The summed E-state index contributed by atoms with van der Waals surface area (Å²) in [6.07, 6.45) is 3.64. The van der Waals surface area contributed by atoms with Crippen LogP contribution >= 0.6 is 0 Å². The largest absolute Gasteiger partial charge is 0.464 e. The highest BCUT2D eigenvalue weighted by Crippen LogP contribution is 2.36. The lowest BCUT2D eigenvalue weighted by Gasteiger charge is -2.07. The summed E-state index contributed by atoms with van der Waals surface area (Å²) in [7, 11) is 1.37. The maximum atomic E-state index is 11.4. The third kappa shape index (κ3) is 1.70. The molecule has 2 aromatic rings. The number of hydrogen-bond acceptors (Lipinski definition) is 3. The van der Waals surface area contributed by atoms with Gasteiger partial charge in [0.2, 0.25) is 0 Å². The van der Waals surface area contributed by atoms with Crippen molar-refractivity contribution in [2.24, 2.45) is 0 Å². The fourth-order valence-electron chi connectivity index (χ4n) is 2.57. The maximum absolute atomic E-state index is 11.4. The van der Waals surface area contributed by atoms with Crippen molar-refractivity contribution in [1.82, 2.24) is 9.97 Å². The molecule has 1 aliphatic carbocycles. The second-order valence-electron chi connectivity index (χ2n) is 4.46. The molecule has 1 aromatic carbocycles. The molecular formula is C14H14N2O2. The molecule has 0 aliphatic heterocycles. The lowest BCUT2D eigenvalue weighted by Crippen LogP contribution is -2.03. The Morgan fingerprint density at radius 3 is 3.11 bits per heavy atom. The number of carbonyl (C=O) groups excluding carboxylic acids is 1. The zero-order valence-corrected chi connectivity index (χ0v) is 10.1. The Labute approximate surface area is 105 Å². The third-order valence-corrected chi connectivity index (χ3v) is 3.46. The Balaban J connectivity index is 1.93. The van der Waals surface area contributed by atoms with Gasteiger partial charge in [-0.05, 0) is 24.0 Å². The third-order valence-electron chi connectivity index (χ3n) is 3.46. The van der Waals surface area contributed by atoms with Gasteiger partial charge in [-0.15, -0.1) is 0 Å². The highest BCUT2D eigenvalue weighted by atomic mass is 16.5. The van der Waals surface area contributed by atoms with Crippen molar-refractivity contribution >= 4 is 5.97 Å². The van der Waals surface area contributed by atoms with Crippen molar-refractivity contribution in [3.63, 3.8) is 0 Å². The van der Waals surface area contributed by atoms with Crippen LogP contribution in [0.25, 0.3) is 0 Å². The summed E-state index contributed by atoms with van der Waals surface area (Å²) in [4.78, 5) is 18.8. The van der Waals surface area contributed by atoms with Gasteiger partial charge in [0.05, 0.1) is 13.3 Å². The summed E-state index contributed by atoms with van der Waals surface area (Å²) in [6, 6.07) is 8.39. The van der Waals surface area contributed by atoms with E-state index >= 15 is 0 Å². The molecule has 0 spiro atoms. The van der Waals surface area contributed by atoms with Gasteiger partial charge >= 0.3 is 5.97 Å². The quantitative estimate of drug-likeness (QED) is 0.822. The van der Waals surface area contributed by atoms with Gasteiger partial charge in [-0.3, -0.25) is 0 Å². The van der Waals surface area contributed by atoms with Crippen LogP contribution in [0.15, 0.2) is 30.5 Å². The van der Waals surface area contributed by atoms with Crippen molar-refractivity contribution in [1.29, 1.82) is 0 Å². The molecule has 1 aliphatic rings. The van der Waals surface area contributed by atoms with Crippen LogP contribution in [0.5, 0.6) is 0 Å². The maximum Gasteiger partial charge on any atom is 0.356 e. The fraction of sp³-hybridized carbons (Fsp3) is 0.286. The number of hydrogen-bond donors (Lipinski definition) is 1. The van der Waals surface area contributed by atoms with Gasteiger partial charge < -0.3 is 9.72 Å². The van der Waals surface area contributed by atoms with Gasteiger partial charge in [-0.1, -0.05) is 24.3 Å². The molecule has 0 saturated carbocycles. The van der Waals surface area contributed by atoms with Crippen LogP contribution < -0.4 is 0 Å². The number of methoxy groups -OCH3 is 1. The van der Waals surface area contributed by atoms with Gasteiger partial charge in [0.25, 0.3) is 0 Å². The molecule has 1 atom stereocenters. The van der Waals surface area contributed by atoms with E-state index < -0.39 is 0 Å². The van der Waals surface area contributed by atoms with Gasteiger partial charge in [-0.2, -0.15) is 0 Å². The fourth-order valence-corrected chi connectivity index (χ4v) is 2.57. The summed E-state index contributed by atoms with van der Waals surface area (Å²) in [6.45, 7) is 0. The van der Waals surface area contributed by atoms with Crippen molar-refractivity contribution < 1.29 is 9.53 Å². The van der Waals surface area contributed by atoms with Crippen LogP contribution in [0.2, 0.25) is 0 Å². The van der Waals surface area contributed by atoms with E-state index in [9.17, 15) is 4.79 Å². The first-order valence-corrected chi connectivity index (χ1v) is 6.00. The zero-order chi connectivity index (χ0) is 12.5. The number of ether oxygens (including phenoxy) is 1. The van der Waals surface area contributed by atoms with Crippen LogP contribution in [0.4, 0.5) is 0 Å². The number of aromatic nitrogens is 2. The predicted molar refractivity (Wildman–Crippen MR) is 66.5 cm³/mol. The number of aryl methyl sites for hydroxylation is 1. The number of H-pyrrole nitrogens is 1. The van der Waals surface area contributed by atoms with Crippen molar-refractivity contribution in [2.45, 2.75) is 18.8 Å². The Kier molecular flexibility index (Phi) is 2.63. The lowest BCUT2D eigenvalue weighted by molar-refractivity contribution is 0.0594. The second kappa shape index (κ2) is 4.29. The van der Waals surface area contributed by atoms with Gasteiger partial charge in [0, 0.05) is 5.92 Å². The van der Waals surface area contributed by atoms with E-state index in [0.717, 1.165) is 18.7 Å². The summed E-state index contributed by atoms with van der Waals surface area (Å²) in [5.74, 6) is 0.736. The molecule has 92 valence electrons. The zero-order valence-electron chi connectivity index (χ0n) is 10.1. The molecule has 0 saturated heterocycles. The van der Waals surface area contributed by atoms with Gasteiger partial charge in [0.15, 0.2) is 0 Å². The number of carbonyl (C=O) groups is 1. The first-order chi connectivity index (χ1) is 8.79. The van der Waals surface area contributed by atoms with E-state index in [-0.39, 0.29) is 11.9 Å². The topological polar surface area (TPSA) is 55.0 Å². The molecule has 0 amide bonds. The average Bonchev–Trinajstić information content (AvgIpc) is 3.03. The average molecular weight is 242 g/mol. The number of rotatable bonds is 2. The minimum Gasteiger partial charge on any atom is -0.464 e. The summed E-state index contributed by atoms with van der Waals surface area (Å²) in [5, 5.41) is 0. The molecule has 1 N–H and O–H groups in total. The minimum absolute atomic E-state index is 0.264. The molecule has 1 heterocycles. The first kappa shape index (κ1) is 11.0. The van der Waals surface area contributed by atoms with Crippen LogP contribution in [0, 0.1) is 0 Å². The van der Waals surface area contributed by atoms with Gasteiger partial charge in [-0.25, -0.2) is 9.78 Å². The highest BCUT2D eigenvalue weighted by Gasteiger charge is 2.26. The molecule has 0 bridgehead atoms. The molecule has 18 heavy (non-hydrogen) atoms. The first-order valence-electron chi connectivity index (χ1n) is 6.00. The number of nitrogens with zero attached hydrogens (tertiary/aromatic N) is 1. The Morgan fingerprint density at radius 1 is 1.44 bits per heavy atom. The number of aromatic amines is 1. The molecule has 1 unspecified atom stereocenters. The van der Waals surface area contributed by atoms with E-state index in [0.29, 0.717) is 5.69 Å². The van der Waals surface area contributed by atoms with Crippen LogP contribution in [-0.4, -0.2) is 23.0 Å². The molecule has 0 radical (unpaired) electrons. The number of esters is 1. The Hall–Kier alpha value is -2.10. The Morgan fingerprint density at radius 2 is 2.28 bits per heavy atom. The van der Waals surface area contributed by atoms with Gasteiger partial charge in [0.1, 0.15) is 11.5 Å². The summed E-state index contributed by atoms with van der Waals surface area (Å²) >= 11 is 0. The van der Waals surface area contributed by atoms with Crippen LogP contribution in [0.3, 0.4) is 0 Å². The van der Waals surface area contributed by atoms with Crippen molar-refractivity contribution in [3.05, 3.63) is 53.1 Å². The minimum atomic E-state index is -0.375. The van der Waals surface area contributed by atoms with E-state index in [1.165, 1.54) is 18.2 Å². The van der Waals surface area contributed by atoms with Crippen LogP contribution in [0.1, 0.15) is 39.8 Å². The van der Waals surface area contributed by atoms with E-state index in [1.807, 2.05) is 6.07 Å². The highest BCUT2D eigenvalue weighted by molar-refractivity contribution is 5.86. The number of nitrogens with one attached hydrogen (secondary N) is 1. The summed E-state index contributed by atoms with van der Waals surface area (Å²) < 4.78 is 4.67. The SMILES string of the molecule is COC(=O)c1cnc(C2CCc3ccccc32)[nH]1. The predicted octanol–water partition coefficient (Wildman–Crippen LogP) is 2.27. The normalized spacial score (nSPS) is 17.5. The molecular weight excluding hydrogens is 228 g/mol. The van der Waals surface area contributed by atoms with E-state index in [1.54, 1.807) is 6.20 Å². The monoisotopic (exact) mass is 242 g/mol.